The van der Waals surface area contributed by atoms with Gasteiger partial charge >= 0.3 is 0 Å². The first-order valence-electron chi connectivity index (χ1n) is 8.93. The Morgan fingerprint density at radius 2 is 1.69 bits per heavy atom. The molecular weight excluding hydrogens is 390 g/mol. The molecule has 1 amide bonds. The predicted octanol–water partition coefficient (Wildman–Crippen LogP) is 2.43. The lowest BCUT2D eigenvalue weighted by Crippen LogP contribution is -2.29. The molecule has 29 heavy (non-hydrogen) atoms. The van der Waals surface area contributed by atoms with Crippen molar-refractivity contribution in [3.63, 3.8) is 0 Å². The van der Waals surface area contributed by atoms with E-state index in [9.17, 15) is 13.2 Å². The van der Waals surface area contributed by atoms with Crippen molar-refractivity contribution in [2.45, 2.75) is 11.8 Å². The van der Waals surface area contributed by atoms with Crippen molar-refractivity contribution in [1.29, 1.82) is 0 Å². The van der Waals surface area contributed by atoms with E-state index in [2.05, 4.69) is 25.3 Å². The van der Waals surface area contributed by atoms with Gasteiger partial charge in [0.05, 0.1) is 4.90 Å². The summed E-state index contributed by atoms with van der Waals surface area (Å²) in [5.41, 5.74) is 1.74. The molecule has 0 radical (unpaired) electrons. The normalized spacial score (nSPS) is 10.9. The first-order valence-corrected chi connectivity index (χ1v) is 10.4. The largest absolute Gasteiger partial charge is 0.352 e. The van der Waals surface area contributed by atoms with Gasteiger partial charge in [0.1, 0.15) is 0 Å². The SMILES string of the molecule is Cc1ccc(NS(=O)(=O)c2cccc(C(=O)NCCNc3ncccn3)c2)cc1. The first-order chi connectivity index (χ1) is 13.9. The van der Waals surface area contributed by atoms with Crippen LogP contribution in [0, 0.1) is 6.92 Å². The summed E-state index contributed by atoms with van der Waals surface area (Å²) in [5, 5.41) is 5.71. The molecule has 0 bridgehead atoms. The van der Waals surface area contributed by atoms with E-state index < -0.39 is 10.0 Å². The smallest absolute Gasteiger partial charge is 0.261 e. The van der Waals surface area contributed by atoms with E-state index in [1.54, 1.807) is 36.7 Å². The van der Waals surface area contributed by atoms with Crippen LogP contribution in [0.5, 0.6) is 0 Å². The summed E-state index contributed by atoms with van der Waals surface area (Å²) in [6.07, 6.45) is 3.23. The number of hydrogen-bond donors (Lipinski definition) is 3. The van der Waals surface area contributed by atoms with Gasteiger partial charge in [0, 0.05) is 36.7 Å². The topological polar surface area (TPSA) is 113 Å². The molecule has 0 aliphatic heterocycles. The van der Waals surface area contributed by atoms with Crippen LogP contribution < -0.4 is 15.4 Å². The molecule has 3 aromatic rings. The van der Waals surface area contributed by atoms with Gasteiger partial charge in [-0.3, -0.25) is 9.52 Å². The molecule has 3 rings (SSSR count). The van der Waals surface area contributed by atoms with E-state index in [1.165, 1.54) is 18.2 Å². The van der Waals surface area contributed by atoms with Gasteiger partial charge in [-0.15, -0.1) is 0 Å². The highest BCUT2D eigenvalue weighted by molar-refractivity contribution is 7.92. The fourth-order valence-corrected chi connectivity index (χ4v) is 3.59. The molecule has 1 aromatic heterocycles. The Morgan fingerprint density at radius 1 is 0.966 bits per heavy atom. The van der Waals surface area contributed by atoms with Crippen LogP contribution >= 0.6 is 0 Å². The van der Waals surface area contributed by atoms with Gasteiger partial charge in [-0.25, -0.2) is 18.4 Å². The maximum absolute atomic E-state index is 12.6. The lowest BCUT2D eigenvalue weighted by molar-refractivity contribution is 0.0955. The standard InChI is InChI=1S/C20H21N5O3S/c1-15-6-8-17(9-7-15)25-29(27,28)18-5-2-4-16(14-18)19(26)21-12-13-24-20-22-10-3-11-23-20/h2-11,14,25H,12-13H2,1H3,(H,21,26)(H,22,23,24). The molecule has 8 nitrogen and oxygen atoms in total. The molecule has 0 spiro atoms. The number of anilines is 2. The second-order valence-electron chi connectivity index (χ2n) is 6.25. The highest BCUT2D eigenvalue weighted by Crippen LogP contribution is 2.17. The highest BCUT2D eigenvalue weighted by atomic mass is 32.2. The van der Waals surface area contributed by atoms with Crippen LogP contribution in [0.15, 0.2) is 71.9 Å². The second kappa shape index (κ2) is 9.16. The van der Waals surface area contributed by atoms with Crippen molar-refractivity contribution in [3.8, 4) is 0 Å². The lowest BCUT2D eigenvalue weighted by atomic mass is 10.2. The maximum atomic E-state index is 12.6. The van der Waals surface area contributed by atoms with Gasteiger partial charge in [0.2, 0.25) is 5.95 Å². The number of aryl methyl sites for hydroxylation is 1. The number of sulfonamides is 1. The molecule has 150 valence electrons. The van der Waals surface area contributed by atoms with Crippen molar-refractivity contribution >= 4 is 27.6 Å². The molecule has 2 aromatic carbocycles. The number of hydrogen-bond acceptors (Lipinski definition) is 6. The maximum Gasteiger partial charge on any atom is 0.261 e. The van der Waals surface area contributed by atoms with Crippen molar-refractivity contribution in [1.82, 2.24) is 15.3 Å². The number of benzene rings is 2. The Bertz CT molecular complexity index is 1070. The van der Waals surface area contributed by atoms with Crippen molar-refractivity contribution in [3.05, 3.63) is 78.1 Å². The average Bonchev–Trinajstić information content (AvgIpc) is 2.73. The van der Waals surface area contributed by atoms with Crippen LogP contribution in [0.1, 0.15) is 15.9 Å². The van der Waals surface area contributed by atoms with E-state index in [0.29, 0.717) is 24.7 Å². The zero-order valence-electron chi connectivity index (χ0n) is 15.8. The monoisotopic (exact) mass is 411 g/mol. The molecule has 3 N–H and O–H groups in total. The molecule has 0 atom stereocenters. The minimum atomic E-state index is -3.80. The Kier molecular flexibility index (Phi) is 6.40. The Labute approximate surface area is 169 Å². The minimum absolute atomic E-state index is 0.0153. The molecule has 0 saturated carbocycles. The van der Waals surface area contributed by atoms with E-state index in [1.807, 2.05) is 19.1 Å². The molecule has 1 heterocycles. The number of carbonyl (C=O) groups is 1. The Hall–Kier alpha value is -3.46. The zero-order valence-corrected chi connectivity index (χ0v) is 16.6. The number of rotatable bonds is 8. The fourth-order valence-electron chi connectivity index (χ4n) is 2.48. The third kappa shape index (κ3) is 5.76. The molecule has 0 aliphatic carbocycles. The summed E-state index contributed by atoms with van der Waals surface area (Å²) in [5.74, 6) is 0.102. The molecule has 0 unspecified atom stereocenters. The van der Waals surface area contributed by atoms with Crippen LogP contribution in [0.2, 0.25) is 0 Å². The third-order valence-corrected chi connectivity index (χ3v) is 5.35. The number of amides is 1. The second-order valence-corrected chi connectivity index (χ2v) is 7.94. The average molecular weight is 411 g/mol. The number of nitrogens with one attached hydrogen (secondary N) is 3. The molecule has 9 heteroatoms. The van der Waals surface area contributed by atoms with Gasteiger partial charge in [0.25, 0.3) is 15.9 Å². The highest BCUT2D eigenvalue weighted by Gasteiger charge is 2.16. The van der Waals surface area contributed by atoms with Crippen LogP contribution in [0.25, 0.3) is 0 Å². The van der Waals surface area contributed by atoms with Crippen molar-refractivity contribution in [2.75, 3.05) is 23.1 Å². The summed E-state index contributed by atoms with van der Waals surface area (Å²) in [7, 11) is -3.80. The van der Waals surface area contributed by atoms with Crippen LogP contribution in [-0.2, 0) is 10.0 Å². The van der Waals surface area contributed by atoms with Gasteiger partial charge in [-0.2, -0.15) is 0 Å². The quantitative estimate of drug-likeness (QED) is 0.491. The van der Waals surface area contributed by atoms with Gasteiger partial charge in [0.15, 0.2) is 0 Å². The Morgan fingerprint density at radius 3 is 2.41 bits per heavy atom. The fraction of sp³-hybridized carbons (Fsp3) is 0.150. The van der Waals surface area contributed by atoms with Crippen molar-refractivity contribution in [2.24, 2.45) is 0 Å². The number of nitrogens with zero attached hydrogens (tertiary/aromatic N) is 2. The number of carbonyl (C=O) groups excluding carboxylic acids is 1. The van der Waals surface area contributed by atoms with Gasteiger partial charge < -0.3 is 10.6 Å². The summed E-state index contributed by atoms with van der Waals surface area (Å²) in [6.45, 7) is 2.68. The van der Waals surface area contributed by atoms with Crippen LogP contribution in [-0.4, -0.2) is 37.4 Å². The predicted molar refractivity (Wildman–Crippen MR) is 111 cm³/mol. The summed E-state index contributed by atoms with van der Waals surface area (Å²) in [6, 6.07) is 14.6. The van der Waals surface area contributed by atoms with E-state index in [4.69, 9.17) is 0 Å². The van der Waals surface area contributed by atoms with Crippen molar-refractivity contribution < 1.29 is 13.2 Å². The Balaban J connectivity index is 1.60. The summed E-state index contributed by atoms with van der Waals surface area (Å²) >= 11 is 0. The molecule has 0 aliphatic rings. The zero-order chi connectivity index (χ0) is 20.7. The van der Waals surface area contributed by atoms with Gasteiger partial charge in [-0.1, -0.05) is 23.8 Å². The molecule has 0 fully saturated rings. The lowest BCUT2D eigenvalue weighted by Gasteiger charge is -2.10. The van der Waals surface area contributed by atoms with Gasteiger partial charge in [-0.05, 0) is 43.3 Å². The molecule has 0 saturated heterocycles. The molecular formula is C20H21N5O3S. The van der Waals surface area contributed by atoms with E-state index >= 15 is 0 Å². The van der Waals surface area contributed by atoms with E-state index in [-0.39, 0.29) is 16.4 Å². The number of aromatic nitrogens is 2. The third-order valence-electron chi connectivity index (χ3n) is 3.97. The van der Waals surface area contributed by atoms with Crippen LogP contribution in [0.3, 0.4) is 0 Å². The minimum Gasteiger partial charge on any atom is -0.352 e. The summed E-state index contributed by atoms with van der Waals surface area (Å²) < 4.78 is 27.7. The van der Waals surface area contributed by atoms with E-state index in [0.717, 1.165) is 5.56 Å². The summed E-state index contributed by atoms with van der Waals surface area (Å²) in [4.78, 5) is 20.4. The van der Waals surface area contributed by atoms with Crippen LogP contribution in [0.4, 0.5) is 11.6 Å². The first kappa shape index (κ1) is 20.3.